The molecule has 0 spiro atoms. The van der Waals surface area contributed by atoms with E-state index in [9.17, 15) is 0 Å². The molecule has 0 saturated carbocycles. The molecule has 6 heteroatoms. The SMILES string of the molecule is CC(C)N(CC/C(N)=N/O)Cc1ccn(C)n1. The summed E-state index contributed by atoms with van der Waals surface area (Å²) in [6, 6.07) is 2.39. The van der Waals surface area contributed by atoms with Crippen LogP contribution in [0.1, 0.15) is 26.0 Å². The first-order chi connectivity index (χ1) is 8.02. The van der Waals surface area contributed by atoms with E-state index in [-0.39, 0.29) is 5.84 Å². The maximum Gasteiger partial charge on any atom is 0.140 e. The van der Waals surface area contributed by atoms with Crippen LogP contribution in [0.3, 0.4) is 0 Å². The summed E-state index contributed by atoms with van der Waals surface area (Å²) in [6.07, 6.45) is 2.49. The molecule has 1 rings (SSSR count). The van der Waals surface area contributed by atoms with Crippen LogP contribution in [0.25, 0.3) is 0 Å². The van der Waals surface area contributed by atoms with E-state index in [0.717, 1.165) is 18.8 Å². The topological polar surface area (TPSA) is 79.7 Å². The number of nitrogens with two attached hydrogens (primary N) is 1. The minimum Gasteiger partial charge on any atom is -0.409 e. The van der Waals surface area contributed by atoms with E-state index in [4.69, 9.17) is 10.9 Å². The van der Waals surface area contributed by atoms with E-state index in [1.165, 1.54) is 0 Å². The number of aromatic nitrogens is 2. The highest BCUT2D eigenvalue weighted by molar-refractivity contribution is 5.79. The second-order valence-corrected chi connectivity index (χ2v) is 4.39. The van der Waals surface area contributed by atoms with Crippen molar-refractivity contribution in [3.8, 4) is 0 Å². The highest BCUT2D eigenvalue weighted by atomic mass is 16.4. The van der Waals surface area contributed by atoms with Gasteiger partial charge in [-0.05, 0) is 19.9 Å². The number of aryl methyl sites for hydroxylation is 1. The molecule has 0 aliphatic rings. The van der Waals surface area contributed by atoms with Gasteiger partial charge in [0.2, 0.25) is 0 Å². The Balaban J connectivity index is 2.54. The predicted octanol–water partition coefficient (Wildman–Crippen LogP) is 0.767. The van der Waals surface area contributed by atoms with Crippen LogP contribution in [-0.2, 0) is 13.6 Å². The molecule has 17 heavy (non-hydrogen) atoms. The zero-order valence-electron chi connectivity index (χ0n) is 10.7. The Morgan fingerprint density at radius 3 is 2.82 bits per heavy atom. The van der Waals surface area contributed by atoms with Crippen LogP contribution in [0.2, 0.25) is 0 Å². The van der Waals surface area contributed by atoms with Gasteiger partial charge in [-0.25, -0.2) is 0 Å². The third-order valence-corrected chi connectivity index (χ3v) is 2.65. The summed E-state index contributed by atoms with van der Waals surface area (Å²) >= 11 is 0. The van der Waals surface area contributed by atoms with Gasteiger partial charge in [-0.15, -0.1) is 0 Å². The second-order valence-electron chi connectivity index (χ2n) is 4.39. The van der Waals surface area contributed by atoms with Crippen LogP contribution in [-0.4, -0.2) is 38.3 Å². The summed E-state index contributed by atoms with van der Waals surface area (Å²) in [4.78, 5) is 2.24. The minimum absolute atomic E-state index is 0.261. The van der Waals surface area contributed by atoms with Crippen molar-refractivity contribution in [1.82, 2.24) is 14.7 Å². The molecule has 0 fully saturated rings. The van der Waals surface area contributed by atoms with E-state index in [2.05, 4.69) is 29.0 Å². The smallest absolute Gasteiger partial charge is 0.140 e. The summed E-state index contributed by atoms with van der Waals surface area (Å²) in [5.74, 6) is 0.261. The first-order valence-electron chi connectivity index (χ1n) is 5.72. The number of hydrogen-bond acceptors (Lipinski definition) is 4. The molecule has 0 aliphatic heterocycles. The fourth-order valence-electron chi connectivity index (χ4n) is 1.58. The lowest BCUT2D eigenvalue weighted by molar-refractivity contribution is 0.215. The van der Waals surface area contributed by atoms with Crippen molar-refractivity contribution < 1.29 is 5.21 Å². The average Bonchev–Trinajstić information content (AvgIpc) is 2.69. The number of hydrogen-bond donors (Lipinski definition) is 2. The van der Waals surface area contributed by atoms with E-state index in [0.29, 0.717) is 12.5 Å². The van der Waals surface area contributed by atoms with Gasteiger partial charge in [-0.1, -0.05) is 5.16 Å². The van der Waals surface area contributed by atoms with E-state index >= 15 is 0 Å². The van der Waals surface area contributed by atoms with Crippen molar-refractivity contribution in [2.75, 3.05) is 6.54 Å². The molecule has 6 nitrogen and oxygen atoms in total. The molecule has 3 N–H and O–H groups in total. The third-order valence-electron chi connectivity index (χ3n) is 2.65. The van der Waals surface area contributed by atoms with Crippen molar-refractivity contribution in [2.45, 2.75) is 32.9 Å². The summed E-state index contributed by atoms with van der Waals surface area (Å²) in [5.41, 5.74) is 6.50. The Kier molecular flexibility index (Phi) is 4.96. The lowest BCUT2D eigenvalue weighted by atomic mass is 10.2. The molecular weight excluding hydrogens is 218 g/mol. The van der Waals surface area contributed by atoms with Crippen LogP contribution >= 0.6 is 0 Å². The Bertz CT molecular complexity index is 372. The Morgan fingerprint density at radius 1 is 1.65 bits per heavy atom. The van der Waals surface area contributed by atoms with Crippen molar-refractivity contribution in [3.05, 3.63) is 18.0 Å². The molecule has 0 amide bonds. The molecule has 0 unspecified atom stereocenters. The monoisotopic (exact) mass is 239 g/mol. The Labute approximate surface area is 102 Å². The maximum absolute atomic E-state index is 8.51. The highest BCUT2D eigenvalue weighted by Gasteiger charge is 2.12. The van der Waals surface area contributed by atoms with Crippen molar-refractivity contribution in [2.24, 2.45) is 17.9 Å². The van der Waals surface area contributed by atoms with Gasteiger partial charge in [0.15, 0.2) is 0 Å². The Hall–Kier alpha value is -1.56. The molecular formula is C11H21N5O. The lowest BCUT2D eigenvalue weighted by Crippen LogP contribution is -2.33. The van der Waals surface area contributed by atoms with E-state index in [1.807, 2.05) is 19.3 Å². The van der Waals surface area contributed by atoms with Crippen LogP contribution in [0.5, 0.6) is 0 Å². The first-order valence-corrected chi connectivity index (χ1v) is 5.72. The zero-order valence-corrected chi connectivity index (χ0v) is 10.7. The number of amidine groups is 1. The van der Waals surface area contributed by atoms with Gasteiger partial charge in [0.25, 0.3) is 0 Å². The van der Waals surface area contributed by atoms with Gasteiger partial charge in [0.05, 0.1) is 5.69 Å². The lowest BCUT2D eigenvalue weighted by Gasteiger charge is -2.25. The number of oxime groups is 1. The molecule has 0 aliphatic carbocycles. The van der Waals surface area contributed by atoms with Crippen molar-refractivity contribution in [3.63, 3.8) is 0 Å². The van der Waals surface area contributed by atoms with Gasteiger partial charge in [0, 0.05) is 38.8 Å². The first kappa shape index (κ1) is 13.5. The Morgan fingerprint density at radius 2 is 2.35 bits per heavy atom. The highest BCUT2D eigenvalue weighted by Crippen LogP contribution is 2.06. The largest absolute Gasteiger partial charge is 0.409 e. The molecule has 1 aromatic rings. The van der Waals surface area contributed by atoms with Crippen LogP contribution in [0, 0.1) is 0 Å². The van der Waals surface area contributed by atoms with Crippen LogP contribution in [0.15, 0.2) is 17.4 Å². The third kappa shape index (κ3) is 4.44. The fourth-order valence-corrected chi connectivity index (χ4v) is 1.58. The summed E-state index contributed by atoms with van der Waals surface area (Å²) < 4.78 is 1.79. The molecule has 96 valence electrons. The minimum atomic E-state index is 0.261. The number of nitrogens with zero attached hydrogens (tertiary/aromatic N) is 4. The second kappa shape index (κ2) is 6.24. The van der Waals surface area contributed by atoms with Crippen molar-refractivity contribution >= 4 is 5.84 Å². The predicted molar refractivity (Wildman–Crippen MR) is 66.8 cm³/mol. The van der Waals surface area contributed by atoms with Crippen LogP contribution < -0.4 is 5.73 Å². The molecule has 1 heterocycles. The molecule has 0 atom stereocenters. The van der Waals surface area contributed by atoms with Gasteiger partial charge in [-0.2, -0.15) is 5.10 Å². The van der Waals surface area contributed by atoms with E-state index in [1.54, 1.807) is 4.68 Å². The standard InChI is InChI=1S/C11H21N5O/c1-9(2)16(7-5-11(12)14-17)8-10-4-6-15(3)13-10/h4,6,9,17H,5,7-8H2,1-3H3,(H2,12,14). The summed E-state index contributed by atoms with van der Waals surface area (Å²) in [6.45, 7) is 5.77. The molecule has 0 aromatic carbocycles. The van der Waals surface area contributed by atoms with E-state index < -0.39 is 0 Å². The average molecular weight is 239 g/mol. The summed E-state index contributed by atoms with van der Waals surface area (Å²) in [7, 11) is 1.90. The van der Waals surface area contributed by atoms with Crippen LogP contribution in [0.4, 0.5) is 0 Å². The van der Waals surface area contributed by atoms with Crippen molar-refractivity contribution in [1.29, 1.82) is 0 Å². The summed E-state index contributed by atoms with van der Waals surface area (Å²) in [5, 5.41) is 15.8. The molecule has 0 bridgehead atoms. The number of rotatable bonds is 6. The normalized spacial score (nSPS) is 12.6. The van der Waals surface area contributed by atoms with Gasteiger partial charge in [-0.3, -0.25) is 9.58 Å². The molecule has 1 aromatic heterocycles. The zero-order chi connectivity index (χ0) is 12.8. The van der Waals surface area contributed by atoms with Gasteiger partial charge in [0.1, 0.15) is 5.84 Å². The van der Waals surface area contributed by atoms with Gasteiger partial charge < -0.3 is 10.9 Å². The quantitative estimate of drug-likeness (QED) is 0.332. The fraction of sp³-hybridized carbons (Fsp3) is 0.636. The molecule has 0 saturated heterocycles. The van der Waals surface area contributed by atoms with Gasteiger partial charge >= 0.3 is 0 Å². The maximum atomic E-state index is 8.51. The molecule has 0 radical (unpaired) electrons.